The van der Waals surface area contributed by atoms with Crippen LogP contribution in [0.2, 0.25) is 0 Å². The monoisotopic (exact) mass is 100 g/mol. The molecule has 1 heteroatoms. The molecule has 0 aromatic heterocycles. The summed E-state index contributed by atoms with van der Waals surface area (Å²) in [6.45, 7) is 8.50. The van der Waals surface area contributed by atoms with Gasteiger partial charge in [0, 0.05) is 6.61 Å². The Bertz CT molecular complexity index is 40.1. The average molecular weight is 100 g/mol. The van der Waals surface area contributed by atoms with Gasteiger partial charge in [-0.1, -0.05) is 20.1 Å². The number of hydrogen-bond acceptors (Lipinski definition) is 1. The summed E-state index contributed by atoms with van der Waals surface area (Å²) in [6, 6.07) is 0. The van der Waals surface area contributed by atoms with E-state index in [9.17, 15) is 0 Å². The number of hydrogen-bond donors (Lipinski definition) is 1. The summed E-state index contributed by atoms with van der Waals surface area (Å²) in [5.41, 5.74) is 2.25. The van der Waals surface area contributed by atoms with E-state index in [2.05, 4.69) is 18.9 Å². The summed E-state index contributed by atoms with van der Waals surface area (Å²) < 4.78 is 0. The highest BCUT2D eigenvalue weighted by Crippen LogP contribution is 1.61. The molecule has 1 N–H and O–H groups in total. The van der Waals surface area contributed by atoms with Gasteiger partial charge in [0.15, 0.2) is 0 Å². The molecule has 0 saturated heterocycles. The van der Waals surface area contributed by atoms with E-state index >= 15 is 0 Å². The highest BCUT2D eigenvalue weighted by molar-refractivity contribution is 4.51. The lowest BCUT2D eigenvalue weighted by atomic mass is 10.5. The Kier molecular flexibility index (Phi) is 24.8. The lowest BCUT2D eigenvalue weighted by Gasteiger charge is -1.69. The van der Waals surface area contributed by atoms with Gasteiger partial charge in [-0.15, -0.1) is 5.73 Å². The fraction of sp³-hybridized carbons (Fsp3) is 0.500. The Morgan fingerprint density at radius 3 is 1.71 bits per heavy atom. The topological polar surface area (TPSA) is 20.2 Å². The van der Waals surface area contributed by atoms with Crippen LogP contribution in [0.3, 0.4) is 0 Å². The van der Waals surface area contributed by atoms with Crippen LogP contribution in [0.25, 0.3) is 0 Å². The molecule has 0 amide bonds. The second-order valence-electron chi connectivity index (χ2n) is 0.974. The Labute approximate surface area is 45.0 Å². The quantitative estimate of drug-likeness (QED) is 0.493. The molecule has 0 aromatic carbocycles. The Morgan fingerprint density at radius 2 is 1.71 bits per heavy atom. The van der Waals surface area contributed by atoms with Crippen molar-refractivity contribution in [3.8, 4) is 0 Å². The van der Waals surface area contributed by atoms with E-state index in [4.69, 9.17) is 5.11 Å². The lowest BCUT2D eigenvalue weighted by Crippen LogP contribution is -1.69. The van der Waals surface area contributed by atoms with Crippen molar-refractivity contribution in [3.05, 3.63) is 18.9 Å². The SMILES string of the molecule is C=C=C.CCCO. The summed E-state index contributed by atoms with van der Waals surface area (Å²) in [5, 5.41) is 7.88. The van der Waals surface area contributed by atoms with Crippen LogP contribution in [0, 0.1) is 0 Å². The van der Waals surface area contributed by atoms with E-state index < -0.39 is 0 Å². The Hall–Kier alpha value is -0.520. The maximum atomic E-state index is 7.88. The van der Waals surface area contributed by atoms with Crippen molar-refractivity contribution >= 4 is 0 Å². The summed E-state index contributed by atoms with van der Waals surface area (Å²) in [4.78, 5) is 0. The van der Waals surface area contributed by atoms with E-state index in [1.165, 1.54) is 0 Å². The van der Waals surface area contributed by atoms with Gasteiger partial charge in [0.05, 0.1) is 0 Å². The van der Waals surface area contributed by atoms with E-state index in [1.54, 1.807) is 0 Å². The first-order valence-electron chi connectivity index (χ1n) is 2.23. The van der Waals surface area contributed by atoms with Crippen LogP contribution >= 0.6 is 0 Å². The minimum absolute atomic E-state index is 0.319. The molecule has 0 aromatic rings. The maximum absolute atomic E-state index is 7.88. The van der Waals surface area contributed by atoms with Crippen molar-refractivity contribution in [2.24, 2.45) is 0 Å². The molecule has 0 aliphatic carbocycles. The van der Waals surface area contributed by atoms with Crippen molar-refractivity contribution in [1.82, 2.24) is 0 Å². The first-order chi connectivity index (χ1) is 3.33. The average Bonchev–Trinajstić information content (AvgIpc) is 1.69. The second kappa shape index (κ2) is 17.9. The molecule has 0 atom stereocenters. The molecule has 0 saturated carbocycles. The fourth-order valence-corrected chi connectivity index (χ4v) is 0. The predicted octanol–water partition coefficient (Wildman–Crippen LogP) is 1.35. The van der Waals surface area contributed by atoms with Crippen LogP contribution in [-0.2, 0) is 0 Å². The molecular formula is C6H12O. The lowest BCUT2D eigenvalue weighted by molar-refractivity contribution is 0.295. The third-order valence-corrected chi connectivity index (χ3v) is 0.224. The molecule has 0 aliphatic rings. The third-order valence-electron chi connectivity index (χ3n) is 0.224. The fourth-order valence-electron chi connectivity index (χ4n) is 0. The minimum Gasteiger partial charge on any atom is -0.396 e. The van der Waals surface area contributed by atoms with Crippen LogP contribution in [-0.4, -0.2) is 11.7 Å². The zero-order valence-electron chi connectivity index (χ0n) is 4.78. The molecule has 0 radical (unpaired) electrons. The van der Waals surface area contributed by atoms with Crippen molar-refractivity contribution < 1.29 is 5.11 Å². The summed E-state index contributed by atoms with van der Waals surface area (Å²) in [5.74, 6) is 0. The van der Waals surface area contributed by atoms with Gasteiger partial charge in [0.2, 0.25) is 0 Å². The van der Waals surface area contributed by atoms with Gasteiger partial charge in [0.1, 0.15) is 0 Å². The highest BCUT2D eigenvalue weighted by atomic mass is 16.2. The highest BCUT2D eigenvalue weighted by Gasteiger charge is 1.57. The van der Waals surface area contributed by atoms with Crippen LogP contribution in [0.4, 0.5) is 0 Å². The molecule has 0 rings (SSSR count). The molecule has 0 heterocycles. The zero-order chi connectivity index (χ0) is 6.12. The van der Waals surface area contributed by atoms with Crippen molar-refractivity contribution in [2.75, 3.05) is 6.61 Å². The third kappa shape index (κ3) is 288. The van der Waals surface area contributed by atoms with Crippen molar-refractivity contribution in [1.29, 1.82) is 0 Å². The van der Waals surface area contributed by atoms with E-state index in [0.29, 0.717) is 6.61 Å². The van der Waals surface area contributed by atoms with Crippen LogP contribution < -0.4 is 0 Å². The molecule has 1 nitrogen and oxygen atoms in total. The van der Waals surface area contributed by atoms with Crippen molar-refractivity contribution in [2.45, 2.75) is 13.3 Å². The summed E-state index contributed by atoms with van der Waals surface area (Å²) >= 11 is 0. The number of aliphatic hydroxyl groups is 1. The van der Waals surface area contributed by atoms with Gasteiger partial charge in [-0.25, -0.2) is 0 Å². The normalized spacial score (nSPS) is 5.43. The van der Waals surface area contributed by atoms with Gasteiger partial charge in [-0.2, -0.15) is 0 Å². The molecule has 0 fully saturated rings. The van der Waals surface area contributed by atoms with Gasteiger partial charge in [0.25, 0.3) is 0 Å². The van der Waals surface area contributed by atoms with Crippen LogP contribution in [0.1, 0.15) is 13.3 Å². The van der Waals surface area contributed by atoms with Gasteiger partial charge in [-0.05, 0) is 6.42 Å². The minimum atomic E-state index is 0.319. The molecule has 0 spiro atoms. The molecule has 0 unspecified atom stereocenters. The van der Waals surface area contributed by atoms with Crippen LogP contribution in [0.5, 0.6) is 0 Å². The predicted molar refractivity (Wildman–Crippen MR) is 32.1 cm³/mol. The zero-order valence-corrected chi connectivity index (χ0v) is 4.78. The number of rotatable bonds is 1. The standard InChI is InChI=1S/C3H8O.C3H4/c1-2-3-4;1-3-2/h4H,2-3H2,1H3;1-2H2. The summed E-state index contributed by atoms with van der Waals surface area (Å²) in [6.07, 6.45) is 0.875. The van der Waals surface area contributed by atoms with Gasteiger partial charge < -0.3 is 5.11 Å². The maximum Gasteiger partial charge on any atom is 0.0428 e. The van der Waals surface area contributed by atoms with Crippen LogP contribution in [0.15, 0.2) is 18.9 Å². The first kappa shape index (κ1) is 9.70. The molecule has 0 aliphatic heterocycles. The summed E-state index contributed by atoms with van der Waals surface area (Å²) in [7, 11) is 0. The largest absolute Gasteiger partial charge is 0.396 e. The Morgan fingerprint density at radius 1 is 1.57 bits per heavy atom. The van der Waals surface area contributed by atoms with Gasteiger partial charge >= 0.3 is 0 Å². The van der Waals surface area contributed by atoms with E-state index in [0.717, 1.165) is 6.42 Å². The number of aliphatic hydroxyl groups excluding tert-OH is 1. The van der Waals surface area contributed by atoms with E-state index in [-0.39, 0.29) is 0 Å². The second-order valence-corrected chi connectivity index (χ2v) is 0.974. The smallest absolute Gasteiger partial charge is 0.0428 e. The molecule has 42 valence electrons. The molecule has 7 heavy (non-hydrogen) atoms. The van der Waals surface area contributed by atoms with Crippen molar-refractivity contribution in [3.63, 3.8) is 0 Å². The van der Waals surface area contributed by atoms with Gasteiger partial charge in [-0.3, -0.25) is 0 Å². The Balaban J connectivity index is 0. The molecule has 0 bridgehead atoms. The first-order valence-corrected chi connectivity index (χ1v) is 2.23. The van der Waals surface area contributed by atoms with E-state index in [1.807, 2.05) is 6.92 Å². The molecular weight excluding hydrogens is 88.1 g/mol.